The zero-order chi connectivity index (χ0) is 20.7. The molecule has 0 bridgehead atoms. The molecule has 5 nitrogen and oxygen atoms in total. The van der Waals surface area contributed by atoms with E-state index in [4.69, 9.17) is 16.0 Å². The number of nitrogens with zero attached hydrogens (tertiary/aromatic N) is 3. The number of pyridine rings is 2. The molecule has 0 unspecified atom stereocenters. The monoisotopic (exact) mass is 477 g/mol. The van der Waals surface area contributed by atoms with Crippen LogP contribution in [0.3, 0.4) is 0 Å². The summed E-state index contributed by atoms with van der Waals surface area (Å²) in [6, 6.07) is 20.4. The average Bonchev–Trinajstić information content (AvgIpc) is 3.23. The van der Waals surface area contributed by atoms with Crippen LogP contribution >= 0.6 is 27.5 Å². The molecule has 0 amide bonds. The molecule has 0 aliphatic carbocycles. The first-order chi connectivity index (χ1) is 14.6. The highest BCUT2D eigenvalue weighted by atomic mass is 79.9. The van der Waals surface area contributed by atoms with Crippen molar-refractivity contribution in [2.45, 2.75) is 0 Å². The van der Waals surface area contributed by atoms with Gasteiger partial charge in [-0.25, -0.2) is 0 Å². The molecule has 146 valence electrons. The SMILES string of the molecule is O=c1c2ncccc2c(Br)cn1-c1nc(-c2ccccc2)oc1-c1ccc(Cl)cc1. The van der Waals surface area contributed by atoms with E-state index in [-0.39, 0.29) is 5.56 Å². The summed E-state index contributed by atoms with van der Waals surface area (Å²) in [7, 11) is 0. The van der Waals surface area contributed by atoms with Crippen molar-refractivity contribution >= 4 is 38.4 Å². The van der Waals surface area contributed by atoms with Crippen LogP contribution in [0, 0.1) is 0 Å². The van der Waals surface area contributed by atoms with Gasteiger partial charge in [0.25, 0.3) is 5.56 Å². The van der Waals surface area contributed by atoms with Crippen LogP contribution in [-0.4, -0.2) is 14.5 Å². The van der Waals surface area contributed by atoms with Gasteiger partial charge in [-0.3, -0.25) is 14.3 Å². The minimum absolute atomic E-state index is 0.281. The van der Waals surface area contributed by atoms with Gasteiger partial charge in [-0.05, 0) is 64.5 Å². The first-order valence-electron chi connectivity index (χ1n) is 9.10. The summed E-state index contributed by atoms with van der Waals surface area (Å²) in [5.74, 6) is 1.27. The maximum Gasteiger partial charge on any atom is 0.282 e. The average molecular weight is 479 g/mol. The fourth-order valence-corrected chi connectivity index (χ4v) is 3.90. The van der Waals surface area contributed by atoms with Crippen molar-refractivity contribution in [1.29, 1.82) is 0 Å². The lowest BCUT2D eigenvalue weighted by molar-refractivity contribution is 0.588. The number of hydrogen-bond donors (Lipinski definition) is 0. The highest BCUT2D eigenvalue weighted by molar-refractivity contribution is 9.10. The lowest BCUT2D eigenvalue weighted by atomic mass is 10.1. The van der Waals surface area contributed by atoms with Gasteiger partial charge in [0.05, 0.1) is 0 Å². The predicted molar refractivity (Wildman–Crippen MR) is 121 cm³/mol. The van der Waals surface area contributed by atoms with E-state index in [1.807, 2.05) is 48.5 Å². The van der Waals surface area contributed by atoms with Crippen molar-refractivity contribution in [2.24, 2.45) is 0 Å². The summed E-state index contributed by atoms with van der Waals surface area (Å²) >= 11 is 9.60. The molecule has 0 saturated carbocycles. The number of halogens is 2. The number of hydrogen-bond acceptors (Lipinski definition) is 4. The summed E-state index contributed by atoms with van der Waals surface area (Å²) < 4.78 is 8.33. The molecule has 2 aromatic carbocycles. The second-order valence-electron chi connectivity index (χ2n) is 6.60. The molecule has 0 radical (unpaired) electrons. The molecular weight excluding hydrogens is 466 g/mol. The highest BCUT2D eigenvalue weighted by Gasteiger charge is 2.21. The standard InChI is InChI=1S/C23H13BrClN3O2/c24-18-13-28(23(29)19-17(18)7-4-12-26-19)21-20(14-8-10-16(25)11-9-14)30-22(27-21)15-5-2-1-3-6-15/h1-13H. The van der Waals surface area contributed by atoms with Crippen molar-refractivity contribution in [2.75, 3.05) is 0 Å². The quantitative estimate of drug-likeness (QED) is 0.313. The van der Waals surface area contributed by atoms with E-state index in [1.54, 1.807) is 30.6 Å². The fraction of sp³-hybridized carbons (Fsp3) is 0. The van der Waals surface area contributed by atoms with E-state index in [9.17, 15) is 4.79 Å². The molecule has 3 aromatic heterocycles. The van der Waals surface area contributed by atoms with Crippen LogP contribution in [0.4, 0.5) is 0 Å². The Balaban J connectivity index is 1.80. The van der Waals surface area contributed by atoms with Crippen LogP contribution in [0.25, 0.3) is 39.5 Å². The van der Waals surface area contributed by atoms with Crippen LogP contribution in [-0.2, 0) is 0 Å². The Labute approximate surface area is 184 Å². The van der Waals surface area contributed by atoms with Gasteiger partial charge >= 0.3 is 0 Å². The van der Waals surface area contributed by atoms with Crippen molar-refractivity contribution in [3.63, 3.8) is 0 Å². The minimum Gasteiger partial charge on any atom is -0.434 e. The van der Waals surface area contributed by atoms with E-state index in [0.29, 0.717) is 28.0 Å². The summed E-state index contributed by atoms with van der Waals surface area (Å²) in [4.78, 5) is 22.2. The Kier molecular flexibility index (Phi) is 4.73. The molecular formula is C23H13BrClN3O2. The van der Waals surface area contributed by atoms with Gasteiger partial charge in [0.2, 0.25) is 5.89 Å². The van der Waals surface area contributed by atoms with Gasteiger partial charge in [-0.15, -0.1) is 0 Å². The van der Waals surface area contributed by atoms with Gasteiger partial charge < -0.3 is 4.42 Å². The molecule has 7 heteroatoms. The Morgan fingerprint density at radius 2 is 1.70 bits per heavy atom. The van der Waals surface area contributed by atoms with Gasteiger partial charge in [0, 0.05) is 38.4 Å². The Morgan fingerprint density at radius 3 is 2.47 bits per heavy atom. The molecule has 0 spiro atoms. The van der Waals surface area contributed by atoms with Crippen LogP contribution in [0.2, 0.25) is 5.02 Å². The van der Waals surface area contributed by atoms with Crippen molar-refractivity contribution in [3.8, 4) is 28.6 Å². The smallest absolute Gasteiger partial charge is 0.282 e. The zero-order valence-corrected chi connectivity index (χ0v) is 17.8. The third kappa shape index (κ3) is 3.24. The van der Waals surface area contributed by atoms with E-state index < -0.39 is 0 Å². The van der Waals surface area contributed by atoms with E-state index in [0.717, 1.165) is 21.0 Å². The summed E-state index contributed by atoms with van der Waals surface area (Å²) in [5.41, 5.74) is 1.63. The van der Waals surface area contributed by atoms with Gasteiger partial charge in [0.15, 0.2) is 11.6 Å². The number of rotatable bonds is 3. The largest absolute Gasteiger partial charge is 0.434 e. The summed E-state index contributed by atoms with van der Waals surface area (Å²) in [6.07, 6.45) is 3.29. The molecule has 0 N–H and O–H groups in total. The lowest BCUT2D eigenvalue weighted by Crippen LogP contribution is -2.20. The third-order valence-electron chi connectivity index (χ3n) is 4.69. The van der Waals surface area contributed by atoms with Crippen molar-refractivity contribution in [3.05, 3.63) is 99.0 Å². The van der Waals surface area contributed by atoms with E-state index in [2.05, 4.69) is 25.9 Å². The Bertz CT molecular complexity index is 1430. The van der Waals surface area contributed by atoms with Crippen LogP contribution in [0.15, 0.2) is 92.8 Å². The molecule has 3 heterocycles. The molecule has 0 saturated heterocycles. The zero-order valence-electron chi connectivity index (χ0n) is 15.4. The predicted octanol–water partition coefficient (Wildman–Crippen LogP) is 6.12. The Morgan fingerprint density at radius 1 is 0.933 bits per heavy atom. The molecule has 0 fully saturated rings. The summed E-state index contributed by atoms with van der Waals surface area (Å²) in [5, 5.41) is 1.34. The van der Waals surface area contributed by atoms with E-state index in [1.165, 1.54) is 4.57 Å². The highest BCUT2D eigenvalue weighted by Crippen LogP contribution is 2.33. The third-order valence-corrected chi connectivity index (χ3v) is 5.58. The van der Waals surface area contributed by atoms with Crippen LogP contribution < -0.4 is 5.56 Å². The van der Waals surface area contributed by atoms with Crippen molar-refractivity contribution in [1.82, 2.24) is 14.5 Å². The topological polar surface area (TPSA) is 60.9 Å². The van der Waals surface area contributed by atoms with E-state index >= 15 is 0 Å². The fourth-order valence-electron chi connectivity index (χ4n) is 3.25. The van der Waals surface area contributed by atoms with Gasteiger partial charge in [-0.2, -0.15) is 4.98 Å². The molecule has 30 heavy (non-hydrogen) atoms. The lowest BCUT2D eigenvalue weighted by Gasteiger charge is -2.07. The molecule has 0 aliphatic heterocycles. The molecule has 5 aromatic rings. The summed E-state index contributed by atoms with van der Waals surface area (Å²) in [6.45, 7) is 0. The number of aromatic nitrogens is 3. The minimum atomic E-state index is -0.281. The maximum atomic E-state index is 13.2. The second-order valence-corrected chi connectivity index (χ2v) is 7.89. The maximum absolute atomic E-state index is 13.2. The first-order valence-corrected chi connectivity index (χ1v) is 10.3. The Hall–Kier alpha value is -3.22. The van der Waals surface area contributed by atoms with Gasteiger partial charge in [-0.1, -0.05) is 29.8 Å². The first kappa shape index (κ1) is 18.8. The molecule has 0 atom stereocenters. The number of benzene rings is 2. The second kappa shape index (κ2) is 7.55. The number of fused-ring (bicyclic) bond motifs is 1. The normalized spacial score (nSPS) is 11.1. The van der Waals surface area contributed by atoms with Crippen LogP contribution in [0.1, 0.15) is 0 Å². The van der Waals surface area contributed by atoms with Crippen molar-refractivity contribution < 1.29 is 4.42 Å². The number of oxazole rings is 1. The van der Waals surface area contributed by atoms with Gasteiger partial charge in [0.1, 0.15) is 5.52 Å². The van der Waals surface area contributed by atoms with Crippen LogP contribution in [0.5, 0.6) is 0 Å². The molecule has 0 aliphatic rings. The molecule has 5 rings (SSSR count).